The second-order valence-corrected chi connectivity index (χ2v) is 13.5. The molecule has 0 spiro atoms. The number of rotatable bonds is 6. The Bertz CT molecular complexity index is 1610. The van der Waals surface area contributed by atoms with Crippen LogP contribution in [0.2, 0.25) is 0 Å². The maximum atomic E-state index is 3.85. The van der Waals surface area contributed by atoms with Gasteiger partial charge in [0.15, 0.2) is 0 Å². The molecule has 2 aliphatic rings. The summed E-state index contributed by atoms with van der Waals surface area (Å²) in [5.41, 5.74) is 13.4. The first kappa shape index (κ1) is 27.2. The first-order valence-corrected chi connectivity index (χ1v) is 15.6. The summed E-state index contributed by atoms with van der Waals surface area (Å²) in [6.45, 7) is 18.5. The Morgan fingerprint density at radius 1 is 0.550 bits per heavy atom. The van der Waals surface area contributed by atoms with Crippen LogP contribution in [0.1, 0.15) is 112 Å². The standard InChI is InChI=1S/C36H39BBrN2/c1-20(2)26-13-10-14-27(21(3)4)33(26)39-35-30-17-9-12-24-18-25(38)19-31(32(24)30)36(35)40(37-39)34-28(22(5)6)15-11-16-29(34)23(7)8/h9-23H,1-8H3. The van der Waals surface area contributed by atoms with Crippen LogP contribution in [-0.2, 0) is 0 Å². The zero-order valence-corrected chi connectivity index (χ0v) is 26.6. The highest BCUT2D eigenvalue weighted by molar-refractivity contribution is 9.10. The van der Waals surface area contributed by atoms with Crippen LogP contribution < -0.4 is 9.62 Å². The lowest BCUT2D eigenvalue weighted by atomic mass is 9.86. The SMILES string of the molecule is CC(C)c1cccc(C(C)C)c1N1[B]N(c2c(C(C)C)cccc2C(C)C)C2=C1c1cccc3cc(Br)cc2c13. The Kier molecular flexibility index (Phi) is 6.90. The number of halogens is 1. The highest BCUT2D eigenvalue weighted by atomic mass is 79.9. The maximum absolute atomic E-state index is 3.85. The molecule has 1 aliphatic heterocycles. The van der Waals surface area contributed by atoms with Gasteiger partial charge in [-0.25, -0.2) is 0 Å². The average Bonchev–Trinajstić information content (AvgIpc) is 3.45. The first-order chi connectivity index (χ1) is 19.1. The van der Waals surface area contributed by atoms with E-state index < -0.39 is 0 Å². The van der Waals surface area contributed by atoms with E-state index in [1.807, 2.05) is 0 Å². The molecule has 2 nitrogen and oxygen atoms in total. The summed E-state index contributed by atoms with van der Waals surface area (Å²) in [7, 11) is 2.40. The van der Waals surface area contributed by atoms with Gasteiger partial charge in [-0.3, -0.25) is 0 Å². The molecule has 0 atom stereocenters. The summed E-state index contributed by atoms with van der Waals surface area (Å²) in [5.74, 6) is 1.62. The molecule has 1 aliphatic carbocycles. The van der Waals surface area contributed by atoms with Crippen molar-refractivity contribution in [2.24, 2.45) is 0 Å². The Labute approximate surface area is 249 Å². The van der Waals surface area contributed by atoms with Gasteiger partial charge in [0.2, 0.25) is 0 Å². The fourth-order valence-corrected chi connectivity index (χ4v) is 7.14. The minimum absolute atomic E-state index is 0.403. The van der Waals surface area contributed by atoms with E-state index in [1.54, 1.807) is 0 Å². The summed E-state index contributed by atoms with van der Waals surface area (Å²) >= 11 is 3.85. The summed E-state index contributed by atoms with van der Waals surface area (Å²) in [6.07, 6.45) is 0. The molecule has 0 N–H and O–H groups in total. The lowest BCUT2D eigenvalue weighted by molar-refractivity contribution is 0.833. The number of para-hydroxylation sites is 2. The van der Waals surface area contributed by atoms with Crippen molar-refractivity contribution in [1.82, 2.24) is 0 Å². The van der Waals surface area contributed by atoms with Crippen LogP contribution in [0.3, 0.4) is 0 Å². The largest absolute Gasteiger partial charge is 0.401 e. The lowest BCUT2D eigenvalue weighted by Crippen LogP contribution is -2.35. The van der Waals surface area contributed by atoms with Crippen LogP contribution in [0.15, 0.2) is 71.2 Å². The van der Waals surface area contributed by atoms with Crippen LogP contribution in [0, 0.1) is 0 Å². The van der Waals surface area contributed by atoms with Gasteiger partial charge in [-0.2, -0.15) is 0 Å². The molecule has 40 heavy (non-hydrogen) atoms. The van der Waals surface area contributed by atoms with E-state index in [0.29, 0.717) is 23.7 Å². The van der Waals surface area contributed by atoms with Gasteiger partial charge >= 0.3 is 7.55 Å². The molecular formula is C36H39BBrN2. The van der Waals surface area contributed by atoms with Crippen molar-refractivity contribution >= 4 is 57.0 Å². The van der Waals surface area contributed by atoms with Crippen molar-refractivity contribution in [2.75, 3.05) is 9.62 Å². The number of benzene rings is 4. The summed E-state index contributed by atoms with van der Waals surface area (Å²) in [4.78, 5) is 5.06. The van der Waals surface area contributed by atoms with Crippen LogP contribution >= 0.6 is 15.9 Å². The Hall–Kier alpha value is -2.98. The number of anilines is 2. The predicted molar refractivity (Wildman–Crippen MR) is 178 cm³/mol. The number of hydrogen-bond donors (Lipinski definition) is 0. The predicted octanol–water partition coefficient (Wildman–Crippen LogP) is 10.8. The van der Waals surface area contributed by atoms with Gasteiger partial charge in [0.05, 0.1) is 11.4 Å². The molecule has 4 aromatic carbocycles. The van der Waals surface area contributed by atoms with Crippen molar-refractivity contribution in [3.8, 4) is 0 Å². The molecule has 0 aromatic heterocycles. The smallest absolute Gasteiger partial charge is 0.366 e. The van der Waals surface area contributed by atoms with Crippen molar-refractivity contribution in [2.45, 2.75) is 79.1 Å². The quantitative estimate of drug-likeness (QED) is 0.206. The number of fused-ring (bicyclic) bond motifs is 2. The van der Waals surface area contributed by atoms with Crippen molar-refractivity contribution in [1.29, 1.82) is 0 Å². The fourth-order valence-electron chi connectivity index (χ4n) is 6.67. The lowest BCUT2D eigenvalue weighted by Gasteiger charge is -2.33. The third-order valence-electron chi connectivity index (χ3n) is 8.56. The second kappa shape index (κ2) is 10.1. The van der Waals surface area contributed by atoms with Crippen LogP contribution in [0.5, 0.6) is 0 Å². The Morgan fingerprint density at radius 3 is 1.43 bits per heavy atom. The van der Waals surface area contributed by atoms with Gasteiger partial charge in [0.25, 0.3) is 0 Å². The zero-order valence-electron chi connectivity index (χ0n) is 25.0. The molecule has 0 unspecified atom stereocenters. The molecule has 0 saturated heterocycles. The second-order valence-electron chi connectivity index (χ2n) is 12.6. The number of nitrogens with zero attached hydrogens (tertiary/aromatic N) is 2. The highest BCUT2D eigenvalue weighted by Gasteiger charge is 2.43. The highest BCUT2D eigenvalue weighted by Crippen LogP contribution is 2.54. The van der Waals surface area contributed by atoms with E-state index in [0.717, 1.165) is 4.47 Å². The van der Waals surface area contributed by atoms with E-state index in [-0.39, 0.29) is 0 Å². The summed E-state index contributed by atoms with van der Waals surface area (Å²) in [6, 6.07) is 25.1. The van der Waals surface area contributed by atoms with Gasteiger partial charge in [-0.15, -0.1) is 0 Å². The first-order valence-electron chi connectivity index (χ1n) is 14.8. The molecule has 1 radical (unpaired) electrons. The molecule has 6 rings (SSSR count). The van der Waals surface area contributed by atoms with E-state index in [2.05, 4.69) is 155 Å². The van der Waals surface area contributed by atoms with Gasteiger partial charge in [-0.1, -0.05) is 126 Å². The maximum Gasteiger partial charge on any atom is 0.401 e. The van der Waals surface area contributed by atoms with Crippen LogP contribution in [0.4, 0.5) is 11.4 Å². The normalized spacial score (nSPS) is 14.5. The van der Waals surface area contributed by atoms with E-state index in [9.17, 15) is 0 Å². The monoisotopic (exact) mass is 589 g/mol. The molecule has 0 amide bonds. The molecule has 203 valence electrons. The van der Waals surface area contributed by atoms with E-state index >= 15 is 0 Å². The Balaban J connectivity index is 1.71. The van der Waals surface area contributed by atoms with E-state index in [4.69, 9.17) is 0 Å². The van der Waals surface area contributed by atoms with Crippen LogP contribution in [-0.4, -0.2) is 7.55 Å². The molecule has 4 aromatic rings. The third-order valence-corrected chi connectivity index (χ3v) is 9.01. The molecule has 0 fully saturated rings. The number of hydrogen-bond acceptors (Lipinski definition) is 2. The molecule has 0 bridgehead atoms. The van der Waals surface area contributed by atoms with Crippen molar-refractivity contribution in [3.05, 3.63) is 105 Å². The molecule has 1 heterocycles. The molecular weight excluding hydrogens is 551 g/mol. The summed E-state index contributed by atoms with van der Waals surface area (Å²) in [5, 5.41) is 2.62. The summed E-state index contributed by atoms with van der Waals surface area (Å²) < 4.78 is 1.12. The molecule has 4 heteroatoms. The minimum Gasteiger partial charge on any atom is -0.366 e. The minimum atomic E-state index is 0.403. The van der Waals surface area contributed by atoms with Gasteiger partial charge in [-0.05, 0) is 63.4 Å². The molecule has 0 saturated carbocycles. The fraction of sp³-hybridized carbons (Fsp3) is 0.333. The topological polar surface area (TPSA) is 6.48 Å². The van der Waals surface area contributed by atoms with Gasteiger partial charge in [0, 0.05) is 32.4 Å². The van der Waals surface area contributed by atoms with Crippen molar-refractivity contribution in [3.63, 3.8) is 0 Å². The zero-order chi connectivity index (χ0) is 28.5. The Morgan fingerprint density at radius 2 is 0.975 bits per heavy atom. The van der Waals surface area contributed by atoms with Gasteiger partial charge < -0.3 is 9.62 Å². The van der Waals surface area contributed by atoms with Crippen molar-refractivity contribution < 1.29 is 0 Å². The average molecular weight is 590 g/mol. The third kappa shape index (κ3) is 4.14. The van der Waals surface area contributed by atoms with E-state index in [1.165, 1.54) is 66.9 Å². The van der Waals surface area contributed by atoms with Gasteiger partial charge in [0.1, 0.15) is 0 Å². The van der Waals surface area contributed by atoms with Crippen LogP contribution in [0.25, 0.3) is 22.2 Å².